The van der Waals surface area contributed by atoms with Gasteiger partial charge in [0.05, 0.1) is 7.11 Å². The maximum absolute atomic E-state index is 5.25. The van der Waals surface area contributed by atoms with Gasteiger partial charge in [0.25, 0.3) is 0 Å². The molecule has 2 saturated heterocycles. The molecule has 74 valence electrons. The Balaban J connectivity index is 1.96. The fourth-order valence-electron chi connectivity index (χ4n) is 2.83. The van der Waals surface area contributed by atoms with Gasteiger partial charge in [0, 0.05) is 11.6 Å². The lowest BCUT2D eigenvalue weighted by atomic mass is 9.83. The van der Waals surface area contributed by atoms with Crippen molar-refractivity contribution in [2.45, 2.75) is 30.8 Å². The molecule has 14 heavy (non-hydrogen) atoms. The molecule has 2 unspecified atom stereocenters. The molecule has 0 aromatic heterocycles. The molecule has 1 aromatic carbocycles. The molecule has 4 rings (SSSR count). The predicted molar refractivity (Wildman–Crippen MR) is 55.4 cm³/mol. The number of ether oxygens (including phenoxy) is 1. The van der Waals surface area contributed by atoms with E-state index in [-0.39, 0.29) is 0 Å². The zero-order chi connectivity index (χ0) is 9.60. The first kappa shape index (κ1) is 8.30. The van der Waals surface area contributed by atoms with Crippen LogP contribution in [0.4, 0.5) is 0 Å². The van der Waals surface area contributed by atoms with E-state index in [4.69, 9.17) is 4.74 Å². The van der Waals surface area contributed by atoms with Crippen molar-refractivity contribution in [3.63, 3.8) is 0 Å². The van der Waals surface area contributed by atoms with E-state index in [1.54, 1.807) is 7.11 Å². The van der Waals surface area contributed by atoms with Crippen molar-refractivity contribution in [1.82, 2.24) is 5.32 Å². The molecule has 3 aliphatic rings. The molecule has 0 spiro atoms. The summed E-state index contributed by atoms with van der Waals surface area (Å²) in [4.78, 5) is 0. The summed E-state index contributed by atoms with van der Waals surface area (Å²) < 4.78 is 5.25. The van der Waals surface area contributed by atoms with Crippen LogP contribution >= 0.6 is 0 Å². The average molecular weight is 189 g/mol. The van der Waals surface area contributed by atoms with Crippen LogP contribution in [0, 0.1) is 0 Å². The Bertz CT molecular complexity index is 350. The minimum absolute atomic E-state index is 0.291. The van der Waals surface area contributed by atoms with Crippen LogP contribution in [0.1, 0.15) is 24.8 Å². The van der Waals surface area contributed by atoms with E-state index in [2.05, 4.69) is 23.5 Å². The molecule has 2 aliphatic heterocycles. The summed E-state index contributed by atoms with van der Waals surface area (Å²) in [7, 11) is 1.72. The van der Waals surface area contributed by atoms with Gasteiger partial charge in [-0.25, -0.2) is 0 Å². The van der Waals surface area contributed by atoms with E-state index in [0.29, 0.717) is 5.54 Å². The highest BCUT2D eigenvalue weighted by atomic mass is 16.5. The molecule has 3 fully saturated rings. The molecule has 2 atom stereocenters. The molecule has 1 N–H and O–H groups in total. The second-order valence-electron chi connectivity index (χ2n) is 4.40. The Morgan fingerprint density at radius 2 is 2.36 bits per heavy atom. The lowest BCUT2D eigenvalue weighted by molar-refractivity contribution is 0.224. The molecular weight excluding hydrogens is 174 g/mol. The first-order chi connectivity index (χ1) is 6.82. The molecule has 2 heteroatoms. The third kappa shape index (κ3) is 1.01. The average Bonchev–Trinajstić information content (AvgIpc) is 2.77. The predicted octanol–water partition coefficient (Wildman–Crippen LogP) is 2.05. The molecule has 2 heterocycles. The van der Waals surface area contributed by atoms with Gasteiger partial charge in [-0.1, -0.05) is 12.1 Å². The maximum atomic E-state index is 5.25. The molecule has 0 radical (unpaired) electrons. The van der Waals surface area contributed by atoms with E-state index >= 15 is 0 Å². The Morgan fingerprint density at radius 3 is 3.00 bits per heavy atom. The van der Waals surface area contributed by atoms with Crippen LogP contribution < -0.4 is 10.1 Å². The standard InChI is InChI=1S/C12H15NO/c1-14-11-4-2-3-9(7-11)12-6-5-10(8-12)13-12/h2-4,7,10,13H,5-6,8H2,1H3. The highest BCUT2D eigenvalue weighted by molar-refractivity contribution is 5.37. The second kappa shape index (κ2) is 2.74. The normalized spacial score (nSPS) is 33.9. The first-order valence-corrected chi connectivity index (χ1v) is 5.25. The van der Waals surface area contributed by atoms with Crippen molar-refractivity contribution in [2.75, 3.05) is 7.11 Å². The summed E-state index contributed by atoms with van der Waals surface area (Å²) in [5, 5.41) is 3.64. The fraction of sp³-hybridized carbons (Fsp3) is 0.500. The highest BCUT2D eigenvalue weighted by Gasteiger charge is 2.50. The number of fused-ring (bicyclic) bond motifs is 1. The van der Waals surface area contributed by atoms with Crippen molar-refractivity contribution in [2.24, 2.45) is 0 Å². The Morgan fingerprint density at radius 1 is 1.50 bits per heavy atom. The highest BCUT2D eigenvalue weighted by Crippen LogP contribution is 2.48. The van der Waals surface area contributed by atoms with Crippen molar-refractivity contribution >= 4 is 0 Å². The van der Waals surface area contributed by atoms with Gasteiger partial charge < -0.3 is 10.1 Å². The van der Waals surface area contributed by atoms with Crippen LogP contribution in [0.3, 0.4) is 0 Å². The summed E-state index contributed by atoms with van der Waals surface area (Å²) in [5.74, 6) is 0.967. The molecule has 1 saturated carbocycles. The van der Waals surface area contributed by atoms with E-state index in [9.17, 15) is 0 Å². The van der Waals surface area contributed by atoms with E-state index in [1.165, 1.54) is 24.8 Å². The summed E-state index contributed by atoms with van der Waals surface area (Å²) in [5.41, 5.74) is 1.68. The number of methoxy groups -OCH3 is 1. The van der Waals surface area contributed by atoms with Gasteiger partial charge in [-0.15, -0.1) is 0 Å². The van der Waals surface area contributed by atoms with Crippen LogP contribution in [-0.4, -0.2) is 13.2 Å². The summed E-state index contributed by atoms with van der Waals surface area (Å²) >= 11 is 0. The van der Waals surface area contributed by atoms with Crippen LogP contribution in [0.5, 0.6) is 5.75 Å². The Kier molecular flexibility index (Phi) is 1.62. The van der Waals surface area contributed by atoms with E-state index in [0.717, 1.165) is 11.8 Å². The van der Waals surface area contributed by atoms with Crippen molar-refractivity contribution in [3.8, 4) is 5.75 Å². The van der Waals surface area contributed by atoms with E-state index in [1.807, 2.05) is 6.07 Å². The van der Waals surface area contributed by atoms with Gasteiger partial charge in [0.2, 0.25) is 0 Å². The fourth-order valence-corrected chi connectivity index (χ4v) is 2.83. The van der Waals surface area contributed by atoms with Crippen molar-refractivity contribution < 1.29 is 4.74 Å². The first-order valence-electron chi connectivity index (χ1n) is 5.25. The van der Waals surface area contributed by atoms with Gasteiger partial charge >= 0.3 is 0 Å². The number of hydrogen-bond donors (Lipinski definition) is 1. The topological polar surface area (TPSA) is 21.3 Å². The molecule has 1 aliphatic carbocycles. The lowest BCUT2D eigenvalue weighted by Crippen LogP contribution is -2.53. The van der Waals surface area contributed by atoms with Crippen molar-refractivity contribution in [3.05, 3.63) is 29.8 Å². The minimum Gasteiger partial charge on any atom is -0.497 e. The monoisotopic (exact) mass is 189 g/mol. The lowest BCUT2D eigenvalue weighted by Gasteiger charge is -2.41. The number of hydrogen-bond acceptors (Lipinski definition) is 2. The molecular formula is C12H15NO. The number of benzene rings is 1. The van der Waals surface area contributed by atoms with Crippen LogP contribution in [-0.2, 0) is 5.54 Å². The van der Waals surface area contributed by atoms with Gasteiger partial charge in [0.15, 0.2) is 0 Å². The van der Waals surface area contributed by atoms with Gasteiger partial charge in [0.1, 0.15) is 5.75 Å². The number of rotatable bonds is 2. The van der Waals surface area contributed by atoms with Crippen LogP contribution in [0.2, 0.25) is 0 Å². The quantitative estimate of drug-likeness (QED) is 0.768. The summed E-state index contributed by atoms with van der Waals surface area (Å²) in [6.45, 7) is 0. The third-order valence-corrected chi connectivity index (χ3v) is 3.62. The van der Waals surface area contributed by atoms with Gasteiger partial charge in [-0.2, -0.15) is 0 Å². The Labute approximate surface area is 84.3 Å². The summed E-state index contributed by atoms with van der Waals surface area (Å²) in [6, 6.07) is 9.23. The molecule has 0 amide bonds. The second-order valence-corrected chi connectivity index (χ2v) is 4.40. The number of nitrogens with one attached hydrogen (secondary N) is 1. The maximum Gasteiger partial charge on any atom is 0.119 e. The third-order valence-electron chi connectivity index (χ3n) is 3.62. The Hall–Kier alpha value is -1.02. The molecule has 2 bridgehead atoms. The molecule has 2 nitrogen and oxygen atoms in total. The smallest absolute Gasteiger partial charge is 0.119 e. The zero-order valence-electron chi connectivity index (χ0n) is 8.42. The van der Waals surface area contributed by atoms with Crippen LogP contribution in [0.25, 0.3) is 0 Å². The minimum atomic E-state index is 0.291. The van der Waals surface area contributed by atoms with Gasteiger partial charge in [-0.3, -0.25) is 0 Å². The van der Waals surface area contributed by atoms with Crippen LogP contribution in [0.15, 0.2) is 24.3 Å². The van der Waals surface area contributed by atoms with E-state index < -0.39 is 0 Å². The van der Waals surface area contributed by atoms with Gasteiger partial charge in [-0.05, 0) is 37.0 Å². The largest absolute Gasteiger partial charge is 0.497 e. The zero-order valence-corrected chi connectivity index (χ0v) is 8.42. The molecule has 1 aromatic rings. The summed E-state index contributed by atoms with van der Waals surface area (Å²) in [6.07, 6.45) is 3.92. The van der Waals surface area contributed by atoms with Crippen molar-refractivity contribution in [1.29, 1.82) is 0 Å². The SMILES string of the molecule is COc1cccc(C23CCC(C2)N3)c1.